The van der Waals surface area contributed by atoms with Crippen molar-refractivity contribution in [2.45, 2.75) is 57.9 Å². The molecule has 114 valence electrons. The van der Waals surface area contributed by atoms with E-state index in [9.17, 15) is 21.6 Å². The lowest BCUT2D eigenvalue weighted by Crippen LogP contribution is -2.47. The number of nitrogens with two attached hydrogens (primary N) is 1. The molecule has 0 aromatic heterocycles. The molecule has 0 heterocycles. The maximum Gasteiger partial charge on any atom is 0.407 e. The molecule has 1 aliphatic carbocycles. The number of hydrogen-bond donors (Lipinski definition) is 1. The van der Waals surface area contributed by atoms with Crippen LogP contribution in [-0.2, 0) is 10.0 Å². The Morgan fingerprint density at radius 2 is 1.47 bits per heavy atom. The van der Waals surface area contributed by atoms with E-state index in [-0.39, 0.29) is 18.3 Å². The predicted molar refractivity (Wildman–Crippen MR) is 67.9 cm³/mol. The van der Waals surface area contributed by atoms with Crippen molar-refractivity contribution in [3.8, 4) is 0 Å². The van der Waals surface area contributed by atoms with Crippen molar-refractivity contribution in [2.75, 3.05) is 0 Å². The van der Waals surface area contributed by atoms with Gasteiger partial charge in [0.05, 0.1) is 0 Å². The van der Waals surface area contributed by atoms with E-state index >= 15 is 0 Å². The number of rotatable bonds is 2. The molecule has 1 aliphatic rings. The van der Waals surface area contributed by atoms with Gasteiger partial charge in [-0.1, -0.05) is 20.8 Å². The van der Waals surface area contributed by atoms with E-state index < -0.39 is 27.4 Å². The van der Waals surface area contributed by atoms with E-state index in [4.69, 9.17) is 5.14 Å². The van der Waals surface area contributed by atoms with Crippen LogP contribution in [-0.4, -0.2) is 19.8 Å². The Hall–Kier alpha value is -0.300. The van der Waals surface area contributed by atoms with Crippen LogP contribution in [0.2, 0.25) is 0 Å². The van der Waals surface area contributed by atoms with Gasteiger partial charge in [0, 0.05) is 0 Å². The summed E-state index contributed by atoms with van der Waals surface area (Å²) in [5, 5.41) is 2.35. The summed E-state index contributed by atoms with van der Waals surface area (Å²) in [6.07, 6.45) is -3.01. The first-order chi connectivity index (χ1) is 8.33. The number of hydrogen-bond acceptors (Lipinski definition) is 2. The molecule has 0 bridgehead atoms. The normalized spacial score (nSPS) is 28.2. The van der Waals surface area contributed by atoms with Crippen LogP contribution in [0, 0.1) is 17.3 Å². The monoisotopic (exact) mass is 301 g/mol. The third kappa shape index (κ3) is 4.34. The van der Waals surface area contributed by atoms with Gasteiger partial charge in [0.1, 0.15) is 0 Å². The minimum Gasteiger partial charge on any atom is -0.228 e. The molecule has 1 fully saturated rings. The van der Waals surface area contributed by atoms with Crippen molar-refractivity contribution in [1.82, 2.24) is 0 Å². The molecule has 2 N–H and O–H groups in total. The summed E-state index contributed by atoms with van der Waals surface area (Å²) >= 11 is 0. The standard InChI is InChI=1S/C12H22F3NO2S/c1-11(2,3)9-6-4-8(5-7-9)10(12(13,14)15)19(16,17)18/h8-10H,4-7H2,1-3H3,(H2,16,17,18). The van der Waals surface area contributed by atoms with Crippen LogP contribution in [0.5, 0.6) is 0 Å². The fourth-order valence-electron chi connectivity index (χ4n) is 3.01. The molecule has 1 saturated carbocycles. The average molecular weight is 301 g/mol. The second-order valence-corrected chi connectivity index (χ2v) is 8.21. The molecule has 0 spiro atoms. The fourth-order valence-corrected chi connectivity index (χ4v) is 4.19. The van der Waals surface area contributed by atoms with Gasteiger partial charge in [-0.05, 0) is 42.9 Å². The van der Waals surface area contributed by atoms with Crippen molar-refractivity contribution < 1.29 is 21.6 Å². The van der Waals surface area contributed by atoms with Crippen molar-refractivity contribution in [3.05, 3.63) is 0 Å². The molecular formula is C12H22F3NO2S. The lowest BCUT2D eigenvalue weighted by Gasteiger charge is -2.39. The van der Waals surface area contributed by atoms with Crippen molar-refractivity contribution >= 4 is 10.0 Å². The lowest BCUT2D eigenvalue weighted by atomic mass is 9.69. The summed E-state index contributed by atoms with van der Waals surface area (Å²) in [5.41, 5.74) is 0.0420. The maximum absolute atomic E-state index is 12.9. The topological polar surface area (TPSA) is 60.2 Å². The molecule has 0 aromatic rings. The summed E-state index contributed by atoms with van der Waals surface area (Å²) in [7, 11) is -4.60. The van der Waals surface area contributed by atoms with E-state index in [1.165, 1.54) is 0 Å². The third-order valence-electron chi connectivity index (χ3n) is 4.10. The van der Waals surface area contributed by atoms with Gasteiger partial charge in [0.25, 0.3) is 0 Å². The highest BCUT2D eigenvalue weighted by Crippen LogP contribution is 2.44. The Kier molecular flexibility index (Phi) is 4.62. The number of halogens is 3. The van der Waals surface area contributed by atoms with Crippen LogP contribution in [0.25, 0.3) is 0 Å². The highest BCUT2D eigenvalue weighted by Gasteiger charge is 2.52. The van der Waals surface area contributed by atoms with E-state index in [2.05, 4.69) is 20.8 Å². The molecule has 7 heteroatoms. The Morgan fingerprint density at radius 3 is 1.74 bits per heavy atom. The molecule has 0 aliphatic heterocycles. The zero-order valence-electron chi connectivity index (χ0n) is 11.5. The number of alkyl halides is 3. The molecule has 3 nitrogen and oxygen atoms in total. The van der Waals surface area contributed by atoms with Gasteiger partial charge in [-0.15, -0.1) is 0 Å². The Labute approximate surface area is 112 Å². The molecule has 1 atom stereocenters. The molecule has 0 amide bonds. The van der Waals surface area contributed by atoms with Gasteiger partial charge < -0.3 is 0 Å². The third-order valence-corrected chi connectivity index (χ3v) is 5.46. The Balaban J connectivity index is 2.83. The van der Waals surface area contributed by atoms with E-state index in [1.807, 2.05) is 0 Å². The highest BCUT2D eigenvalue weighted by atomic mass is 32.2. The molecule has 0 saturated heterocycles. The first-order valence-corrected chi connectivity index (χ1v) is 8.02. The summed E-state index contributed by atoms with van der Waals surface area (Å²) in [6, 6.07) is 0. The van der Waals surface area contributed by atoms with E-state index in [1.54, 1.807) is 0 Å². The molecular weight excluding hydrogens is 279 g/mol. The van der Waals surface area contributed by atoms with Gasteiger partial charge in [0.2, 0.25) is 10.0 Å². The molecule has 0 radical (unpaired) electrons. The smallest absolute Gasteiger partial charge is 0.228 e. The van der Waals surface area contributed by atoms with Crippen LogP contribution in [0.3, 0.4) is 0 Å². The van der Waals surface area contributed by atoms with Gasteiger partial charge in [-0.3, -0.25) is 0 Å². The minimum atomic E-state index is -4.78. The molecule has 1 rings (SSSR count). The van der Waals surface area contributed by atoms with Gasteiger partial charge in [-0.25, -0.2) is 13.6 Å². The van der Waals surface area contributed by atoms with Gasteiger partial charge in [-0.2, -0.15) is 13.2 Å². The van der Waals surface area contributed by atoms with Crippen LogP contribution in [0.1, 0.15) is 46.5 Å². The first kappa shape index (κ1) is 16.8. The molecule has 1 unspecified atom stereocenters. The van der Waals surface area contributed by atoms with E-state index in [0.29, 0.717) is 18.8 Å². The van der Waals surface area contributed by atoms with Crippen molar-refractivity contribution in [3.63, 3.8) is 0 Å². The molecule has 0 aromatic carbocycles. The van der Waals surface area contributed by atoms with Crippen LogP contribution < -0.4 is 5.14 Å². The number of primary sulfonamides is 1. The Bertz CT molecular complexity index is 404. The molecule has 19 heavy (non-hydrogen) atoms. The van der Waals surface area contributed by atoms with Crippen LogP contribution in [0.4, 0.5) is 13.2 Å². The number of sulfonamides is 1. The zero-order chi connectivity index (χ0) is 15.1. The zero-order valence-corrected chi connectivity index (χ0v) is 12.3. The average Bonchev–Trinajstić information content (AvgIpc) is 2.12. The SMILES string of the molecule is CC(C)(C)C1CCC(C(C(F)(F)F)S(N)(=O)=O)CC1. The maximum atomic E-state index is 12.9. The van der Waals surface area contributed by atoms with Crippen LogP contribution >= 0.6 is 0 Å². The predicted octanol–water partition coefficient (Wildman–Crippen LogP) is 3.06. The second kappa shape index (κ2) is 5.24. The summed E-state index contributed by atoms with van der Waals surface area (Å²) in [4.78, 5) is 0. The quantitative estimate of drug-likeness (QED) is 0.852. The lowest BCUT2D eigenvalue weighted by molar-refractivity contribution is -0.143. The summed E-state index contributed by atoms with van der Waals surface area (Å²) in [5.74, 6) is -0.577. The Morgan fingerprint density at radius 1 is 1.05 bits per heavy atom. The first-order valence-electron chi connectivity index (χ1n) is 6.42. The van der Waals surface area contributed by atoms with Crippen molar-refractivity contribution in [1.29, 1.82) is 0 Å². The summed E-state index contributed by atoms with van der Waals surface area (Å²) < 4.78 is 61.0. The second-order valence-electron chi connectivity index (χ2n) is 6.53. The fraction of sp³-hybridized carbons (Fsp3) is 1.00. The van der Waals surface area contributed by atoms with E-state index in [0.717, 1.165) is 0 Å². The van der Waals surface area contributed by atoms with Gasteiger partial charge >= 0.3 is 6.18 Å². The largest absolute Gasteiger partial charge is 0.407 e. The van der Waals surface area contributed by atoms with Crippen LogP contribution in [0.15, 0.2) is 0 Å². The van der Waals surface area contributed by atoms with Gasteiger partial charge in [0.15, 0.2) is 5.25 Å². The van der Waals surface area contributed by atoms with Crippen molar-refractivity contribution in [2.24, 2.45) is 22.4 Å². The summed E-state index contributed by atoms with van der Waals surface area (Å²) in [6.45, 7) is 6.16. The highest BCUT2D eigenvalue weighted by molar-refractivity contribution is 7.89. The minimum absolute atomic E-state index is 0.0420.